The van der Waals surface area contributed by atoms with E-state index in [2.05, 4.69) is 5.32 Å². The second-order valence-corrected chi connectivity index (χ2v) is 4.16. The Morgan fingerprint density at radius 1 is 1.31 bits per heavy atom. The summed E-state index contributed by atoms with van der Waals surface area (Å²) in [7, 11) is 0. The van der Waals surface area contributed by atoms with Crippen LogP contribution < -0.4 is 11.1 Å². The van der Waals surface area contributed by atoms with E-state index >= 15 is 0 Å². The zero-order valence-corrected chi connectivity index (χ0v) is 9.87. The van der Waals surface area contributed by atoms with Crippen molar-refractivity contribution < 1.29 is 4.79 Å². The topological polar surface area (TPSA) is 55.1 Å². The van der Waals surface area contributed by atoms with Crippen molar-refractivity contribution in [2.45, 2.75) is 4.90 Å². The molecule has 1 aromatic rings. The number of amides is 1. The molecule has 0 aliphatic heterocycles. The summed E-state index contributed by atoms with van der Waals surface area (Å²) in [6.07, 6.45) is 3.68. The number of carbonyl (C=O) groups excluding carboxylic acids is 1. The summed E-state index contributed by atoms with van der Waals surface area (Å²) in [5, 5.41) is 2.79. The van der Waals surface area contributed by atoms with Gasteiger partial charge >= 0.3 is 0 Å². The molecule has 1 amide bonds. The van der Waals surface area contributed by atoms with Crippen LogP contribution in [0.4, 0.5) is 0 Å². The van der Waals surface area contributed by atoms with E-state index in [0.29, 0.717) is 18.8 Å². The van der Waals surface area contributed by atoms with Crippen LogP contribution in [-0.4, -0.2) is 24.7 Å². The smallest absolute Gasteiger partial charge is 0.230 e. The Morgan fingerprint density at radius 3 is 2.75 bits per heavy atom. The van der Waals surface area contributed by atoms with Crippen molar-refractivity contribution in [3.05, 3.63) is 42.5 Å². The van der Waals surface area contributed by atoms with Crippen LogP contribution in [0, 0.1) is 0 Å². The van der Waals surface area contributed by atoms with Gasteiger partial charge in [0.05, 0.1) is 5.75 Å². The monoisotopic (exact) mass is 236 g/mol. The Hall–Kier alpha value is -1.26. The van der Waals surface area contributed by atoms with Gasteiger partial charge in [0.15, 0.2) is 0 Å². The molecule has 3 nitrogen and oxygen atoms in total. The minimum absolute atomic E-state index is 0.0375. The summed E-state index contributed by atoms with van der Waals surface area (Å²) >= 11 is 1.53. The van der Waals surface area contributed by atoms with Gasteiger partial charge in [-0.05, 0) is 12.1 Å². The van der Waals surface area contributed by atoms with Crippen LogP contribution in [0.15, 0.2) is 47.4 Å². The van der Waals surface area contributed by atoms with Crippen LogP contribution in [0.25, 0.3) is 0 Å². The molecule has 1 aromatic carbocycles. The predicted molar refractivity (Wildman–Crippen MR) is 68.4 cm³/mol. The maximum Gasteiger partial charge on any atom is 0.230 e. The lowest BCUT2D eigenvalue weighted by Gasteiger charge is -2.02. The number of hydrogen-bond donors (Lipinski definition) is 2. The first kappa shape index (κ1) is 12.8. The Kier molecular flexibility index (Phi) is 6.37. The summed E-state index contributed by atoms with van der Waals surface area (Å²) in [6, 6.07) is 9.87. The molecule has 0 fully saturated rings. The third-order valence-electron chi connectivity index (χ3n) is 1.83. The maximum atomic E-state index is 11.4. The number of thioether (sulfide) groups is 1. The molecule has 0 saturated carbocycles. The largest absolute Gasteiger partial charge is 0.352 e. The number of nitrogens with two attached hydrogens (primary N) is 1. The third-order valence-corrected chi connectivity index (χ3v) is 2.84. The van der Waals surface area contributed by atoms with Crippen LogP contribution in [0.2, 0.25) is 0 Å². The SMILES string of the molecule is NC/C=C/CNC(=O)CSc1ccccc1. The van der Waals surface area contributed by atoms with E-state index in [1.54, 1.807) is 0 Å². The molecule has 1 rings (SSSR count). The van der Waals surface area contributed by atoms with Crippen molar-refractivity contribution in [1.82, 2.24) is 5.32 Å². The van der Waals surface area contributed by atoms with Crippen molar-refractivity contribution in [3.8, 4) is 0 Å². The van der Waals surface area contributed by atoms with E-state index in [1.807, 2.05) is 42.5 Å². The molecular weight excluding hydrogens is 220 g/mol. The van der Waals surface area contributed by atoms with Gasteiger partial charge in [-0.1, -0.05) is 30.4 Å². The van der Waals surface area contributed by atoms with E-state index < -0.39 is 0 Å². The highest BCUT2D eigenvalue weighted by molar-refractivity contribution is 8.00. The van der Waals surface area contributed by atoms with Crippen molar-refractivity contribution in [2.75, 3.05) is 18.8 Å². The van der Waals surface area contributed by atoms with Crippen molar-refractivity contribution >= 4 is 17.7 Å². The first-order chi connectivity index (χ1) is 7.83. The van der Waals surface area contributed by atoms with Gasteiger partial charge in [-0.3, -0.25) is 4.79 Å². The number of carbonyl (C=O) groups is 1. The molecule has 0 saturated heterocycles. The lowest BCUT2D eigenvalue weighted by molar-refractivity contribution is -0.118. The van der Waals surface area contributed by atoms with Crippen molar-refractivity contribution in [1.29, 1.82) is 0 Å². The number of benzene rings is 1. The fourth-order valence-electron chi connectivity index (χ4n) is 1.07. The van der Waals surface area contributed by atoms with E-state index in [9.17, 15) is 4.79 Å². The van der Waals surface area contributed by atoms with Crippen molar-refractivity contribution in [3.63, 3.8) is 0 Å². The summed E-state index contributed by atoms with van der Waals surface area (Å²) in [4.78, 5) is 12.5. The average Bonchev–Trinajstić information content (AvgIpc) is 2.33. The van der Waals surface area contributed by atoms with E-state index in [1.165, 1.54) is 11.8 Å². The van der Waals surface area contributed by atoms with Gasteiger partial charge in [0.2, 0.25) is 5.91 Å². The number of nitrogens with one attached hydrogen (secondary N) is 1. The molecule has 0 heterocycles. The molecule has 0 radical (unpaired) electrons. The Morgan fingerprint density at radius 2 is 2.06 bits per heavy atom. The molecule has 4 heteroatoms. The van der Waals surface area contributed by atoms with E-state index in [4.69, 9.17) is 5.73 Å². The predicted octanol–water partition coefficient (Wildman–Crippen LogP) is 1.41. The highest BCUT2D eigenvalue weighted by atomic mass is 32.2. The minimum Gasteiger partial charge on any atom is -0.352 e. The summed E-state index contributed by atoms with van der Waals surface area (Å²) in [6.45, 7) is 1.06. The van der Waals surface area contributed by atoms with Crippen molar-refractivity contribution in [2.24, 2.45) is 5.73 Å². The molecule has 0 aliphatic rings. The third kappa shape index (κ3) is 5.58. The molecule has 0 spiro atoms. The van der Waals surface area contributed by atoms with Gasteiger partial charge in [0.1, 0.15) is 0 Å². The van der Waals surface area contributed by atoms with Gasteiger partial charge in [-0.25, -0.2) is 0 Å². The number of rotatable bonds is 6. The second-order valence-electron chi connectivity index (χ2n) is 3.11. The lowest BCUT2D eigenvalue weighted by atomic mass is 10.4. The second kappa shape index (κ2) is 7.96. The van der Waals surface area contributed by atoms with Crippen LogP contribution >= 0.6 is 11.8 Å². The Balaban J connectivity index is 2.18. The molecule has 16 heavy (non-hydrogen) atoms. The van der Waals surface area contributed by atoms with Gasteiger partial charge < -0.3 is 11.1 Å². The normalized spacial score (nSPS) is 10.6. The highest BCUT2D eigenvalue weighted by Gasteiger charge is 2.00. The summed E-state index contributed by atoms with van der Waals surface area (Å²) in [5.74, 6) is 0.482. The fraction of sp³-hybridized carbons (Fsp3) is 0.250. The minimum atomic E-state index is 0.0375. The fourth-order valence-corrected chi connectivity index (χ4v) is 1.82. The molecule has 0 aliphatic carbocycles. The molecule has 0 atom stereocenters. The Bertz CT molecular complexity index is 338. The maximum absolute atomic E-state index is 11.4. The molecule has 0 unspecified atom stereocenters. The molecule has 0 bridgehead atoms. The Labute approximate surface area is 100 Å². The first-order valence-electron chi connectivity index (χ1n) is 5.12. The zero-order valence-electron chi connectivity index (χ0n) is 9.06. The number of hydrogen-bond acceptors (Lipinski definition) is 3. The molecule has 0 aromatic heterocycles. The lowest BCUT2D eigenvalue weighted by Crippen LogP contribution is -2.25. The van der Waals surface area contributed by atoms with E-state index in [-0.39, 0.29) is 5.91 Å². The van der Waals surface area contributed by atoms with Gasteiger partial charge in [0, 0.05) is 18.0 Å². The van der Waals surface area contributed by atoms with Crippen LogP contribution in [0.5, 0.6) is 0 Å². The van der Waals surface area contributed by atoms with Gasteiger partial charge in [-0.2, -0.15) is 0 Å². The van der Waals surface area contributed by atoms with Crippen LogP contribution in [0.1, 0.15) is 0 Å². The zero-order chi connectivity index (χ0) is 11.6. The molecular formula is C12H16N2OS. The van der Waals surface area contributed by atoms with Gasteiger partial charge in [0.25, 0.3) is 0 Å². The molecule has 3 N–H and O–H groups in total. The van der Waals surface area contributed by atoms with E-state index in [0.717, 1.165) is 4.90 Å². The summed E-state index contributed by atoms with van der Waals surface area (Å²) in [5.41, 5.74) is 5.28. The average molecular weight is 236 g/mol. The molecule has 86 valence electrons. The van der Waals surface area contributed by atoms with Gasteiger partial charge in [-0.15, -0.1) is 11.8 Å². The van der Waals surface area contributed by atoms with Crippen LogP contribution in [-0.2, 0) is 4.79 Å². The summed E-state index contributed by atoms with van der Waals surface area (Å²) < 4.78 is 0. The van der Waals surface area contributed by atoms with Crippen LogP contribution in [0.3, 0.4) is 0 Å². The standard InChI is InChI=1S/C12H16N2OS/c13-8-4-5-9-14-12(15)10-16-11-6-2-1-3-7-11/h1-7H,8-10,13H2,(H,14,15)/b5-4+. The first-order valence-corrected chi connectivity index (χ1v) is 6.11. The quantitative estimate of drug-likeness (QED) is 0.580. The highest BCUT2D eigenvalue weighted by Crippen LogP contribution is 2.15.